The minimum absolute atomic E-state index is 0.148. The van der Waals surface area contributed by atoms with Crippen LogP contribution in [0.4, 0.5) is 11.5 Å². The Bertz CT molecular complexity index is 847. The van der Waals surface area contributed by atoms with Gasteiger partial charge in [-0.15, -0.1) is 0 Å². The van der Waals surface area contributed by atoms with Gasteiger partial charge in [0.2, 0.25) is 11.6 Å². The molecular formula is C14H14N6O3. The first-order chi connectivity index (χ1) is 11.2. The summed E-state index contributed by atoms with van der Waals surface area (Å²) in [5.41, 5.74) is 1.26. The number of benzene rings is 1. The van der Waals surface area contributed by atoms with E-state index in [1.807, 2.05) is 24.3 Å². The van der Waals surface area contributed by atoms with Gasteiger partial charge in [-0.3, -0.25) is 14.7 Å². The van der Waals surface area contributed by atoms with Crippen molar-refractivity contribution in [3.8, 4) is 5.82 Å². The molecule has 9 nitrogen and oxygen atoms in total. The summed E-state index contributed by atoms with van der Waals surface area (Å²) in [6.45, 7) is 0.808. The summed E-state index contributed by atoms with van der Waals surface area (Å²) in [7, 11) is 1.55. The molecule has 0 radical (unpaired) electrons. The second-order valence-corrected chi connectivity index (χ2v) is 4.67. The predicted molar refractivity (Wildman–Crippen MR) is 83.7 cm³/mol. The summed E-state index contributed by atoms with van der Waals surface area (Å²) in [4.78, 5) is 23.3. The van der Waals surface area contributed by atoms with Gasteiger partial charge in [-0.1, -0.05) is 12.1 Å². The first-order valence-corrected chi connectivity index (χ1v) is 6.87. The fraction of sp³-hybridized carbons (Fsp3) is 0.214. The number of hydrogen-bond acceptors (Lipinski definition) is 7. The summed E-state index contributed by atoms with van der Waals surface area (Å²) < 4.78 is 6.51. The number of aromatic nitrogens is 4. The van der Waals surface area contributed by atoms with Crippen LogP contribution in [0.3, 0.4) is 0 Å². The van der Waals surface area contributed by atoms with Gasteiger partial charge in [0.15, 0.2) is 0 Å². The van der Waals surface area contributed by atoms with Gasteiger partial charge in [0, 0.05) is 13.7 Å². The molecule has 0 atom stereocenters. The molecule has 1 N–H and O–H groups in total. The Labute approximate surface area is 131 Å². The van der Waals surface area contributed by atoms with Crippen molar-refractivity contribution in [1.29, 1.82) is 0 Å². The molecule has 0 saturated heterocycles. The molecule has 1 aromatic carbocycles. The maximum absolute atomic E-state index is 11.5. The Hall–Kier alpha value is -3.07. The van der Waals surface area contributed by atoms with E-state index in [1.54, 1.807) is 11.7 Å². The number of anilines is 1. The second-order valence-electron chi connectivity index (χ2n) is 4.67. The van der Waals surface area contributed by atoms with Crippen LogP contribution < -0.4 is 5.32 Å². The SMILES string of the molecule is COCCNc1ncnc(-n2cnc3ccccc32)c1[N+](=O)[O-]. The van der Waals surface area contributed by atoms with E-state index >= 15 is 0 Å². The van der Waals surface area contributed by atoms with Crippen LogP contribution in [-0.2, 0) is 4.74 Å². The molecule has 0 bridgehead atoms. The van der Waals surface area contributed by atoms with Crippen molar-refractivity contribution in [2.24, 2.45) is 0 Å². The van der Waals surface area contributed by atoms with E-state index in [4.69, 9.17) is 4.74 Å². The number of rotatable bonds is 6. The molecule has 0 saturated carbocycles. The zero-order chi connectivity index (χ0) is 16.2. The van der Waals surface area contributed by atoms with Gasteiger partial charge in [0.1, 0.15) is 12.7 Å². The van der Waals surface area contributed by atoms with E-state index in [9.17, 15) is 10.1 Å². The molecule has 0 aliphatic carbocycles. The van der Waals surface area contributed by atoms with Gasteiger partial charge in [-0.25, -0.2) is 15.0 Å². The van der Waals surface area contributed by atoms with Crippen LogP contribution in [0, 0.1) is 10.1 Å². The van der Waals surface area contributed by atoms with Gasteiger partial charge < -0.3 is 10.1 Å². The maximum atomic E-state index is 11.5. The topological polar surface area (TPSA) is 108 Å². The van der Waals surface area contributed by atoms with E-state index in [0.29, 0.717) is 13.2 Å². The number of nitrogens with one attached hydrogen (secondary N) is 1. The van der Waals surface area contributed by atoms with Crippen LogP contribution in [0.25, 0.3) is 16.9 Å². The number of fused-ring (bicyclic) bond motifs is 1. The molecule has 3 rings (SSSR count). The number of imidazole rings is 1. The van der Waals surface area contributed by atoms with Crippen LogP contribution >= 0.6 is 0 Å². The normalized spacial score (nSPS) is 10.8. The Morgan fingerprint density at radius 1 is 1.30 bits per heavy atom. The monoisotopic (exact) mass is 314 g/mol. The first-order valence-electron chi connectivity index (χ1n) is 6.87. The van der Waals surface area contributed by atoms with Crippen molar-refractivity contribution in [3.05, 3.63) is 47.0 Å². The fourth-order valence-electron chi connectivity index (χ4n) is 2.24. The lowest BCUT2D eigenvalue weighted by molar-refractivity contribution is -0.384. The standard InChI is InChI=1S/C14H14N6O3/c1-23-7-6-15-13-12(20(21)22)14(17-8-16-13)19-9-18-10-4-2-3-5-11(10)19/h2-5,8-9H,6-7H2,1H3,(H,15,16,17). The van der Waals surface area contributed by atoms with E-state index < -0.39 is 4.92 Å². The highest BCUT2D eigenvalue weighted by Gasteiger charge is 2.25. The van der Waals surface area contributed by atoms with Crippen molar-refractivity contribution in [3.63, 3.8) is 0 Å². The molecule has 2 heterocycles. The Balaban J connectivity index is 2.11. The van der Waals surface area contributed by atoms with Crippen molar-refractivity contribution in [2.75, 3.05) is 25.6 Å². The van der Waals surface area contributed by atoms with Gasteiger partial charge in [0.05, 0.1) is 22.6 Å². The lowest BCUT2D eigenvalue weighted by atomic mass is 10.3. The smallest absolute Gasteiger partial charge is 0.354 e. The van der Waals surface area contributed by atoms with Crippen molar-refractivity contribution in [1.82, 2.24) is 19.5 Å². The Morgan fingerprint density at radius 2 is 2.13 bits per heavy atom. The average molecular weight is 314 g/mol. The van der Waals surface area contributed by atoms with E-state index in [0.717, 1.165) is 11.0 Å². The lowest BCUT2D eigenvalue weighted by Gasteiger charge is -2.09. The van der Waals surface area contributed by atoms with Crippen molar-refractivity contribution in [2.45, 2.75) is 0 Å². The molecule has 2 aromatic heterocycles. The van der Waals surface area contributed by atoms with E-state index in [-0.39, 0.29) is 17.3 Å². The van der Waals surface area contributed by atoms with Gasteiger partial charge >= 0.3 is 5.69 Å². The number of nitrogens with zero attached hydrogens (tertiary/aromatic N) is 5. The summed E-state index contributed by atoms with van der Waals surface area (Å²) in [6, 6.07) is 7.35. The highest BCUT2D eigenvalue weighted by molar-refractivity contribution is 5.78. The third-order valence-electron chi connectivity index (χ3n) is 3.27. The Kier molecular flexibility index (Phi) is 4.11. The number of nitro groups is 1. The molecule has 3 aromatic rings. The molecule has 0 aliphatic rings. The highest BCUT2D eigenvalue weighted by Crippen LogP contribution is 2.29. The van der Waals surface area contributed by atoms with Crippen LogP contribution in [0.1, 0.15) is 0 Å². The third-order valence-corrected chi connectivity index (χ3v) is 3.27. The molecule has 0 unspecified atom stereocenters. The summed E-state index contributed by atoms with van der Waals surface area (Å²) in [5, 5.41) is 14.4. The molecule has 0 amide bonds. The molecule has 0 spiro atoms. The minimum atomic E-state index is -0.501. The number of hydrogen-bond donors (Lipinski definition) is 1. The van der Waals surface area contributed by atoms with Crippen molar-refractivity contribution < 1.29 is 9.66 Å². The lowest BCUT2D eigenvalue weighted by Crippen LogP contribution is -2.13. The van der Waals surface area contributed by atoms with E-state index in [2.05, 4.69) is 20.3 Å². The van der Waals surface area contributed by atoms with Gasteiger partial charge in [-0.05, 0) is 12.1 Å². The minimum Gasteiger partial charge on any atom is -0.383 e. The molecule has 0 fully saturated rings. The number of para-hydroxylation sites is 2. The average Bonchev–Trinajstić information content (AvgIpc) is 2.98. The van der Waals surface area contributed by atoms with Gasteiger partial charge in [0.25, 0.3) is 0 Å². The van der Waals surface area contributed by atoms with Crippen LogP contribution in [-0.4, -0.2) is 44.7 Å². The van der Waals surface area contributed by atoms with Crippen molar-refractivity contribution >= 4 is 22.5 Å². The maximum Gasteiger partial charge on any atom is 0.354 e. The van der Waals surface area contributed by atoms with Gasteiger partial charge in [-0.2, -0.15) is 0 Å². The van der Waals surface area contributed by atoms with E-state index in [1.165, 1.54) is 12.7 Å². The molecule has 9 heteroatoms. The molecule has 0 aliphatic heterocycles. The number of methoxy groups -OCH3 is 1. The fourth-order valence-corrected chi connectivity index (χ4v) is 2.24. The van der Waals surface area contributed by atoms with Crippen LogP contribution in [0.2, 0.25) is 0 Å². The molecule has 23 heavy (non-hydrogen) atoms. The zero-order valence-corrected chi connectivity index (χ0v) is 12.3. The quantitative estimate of drug-likeness (QED) is 0.419. The van der Waals surface area contributed by atoms with Crippen LogP contribution in [0.15, 0.2) is 36.9 Å². The second kappa shape index (κ2) is 6.36. The zero-order valence-electron chi connectivity index (χ0n) is 12.3. The van der Waals surface area contributed by atoms with Crippen LogP contribution in [0.5, 0.6) is 0 Å². The summed E-state index contributed by atoms with van der Waals surface area (Å²) in [5.74, 6) is 0.313. The highest BCUT2D eigenvalue weighted by atomic mass is 16.6. The molecular weight excluding hydrogens is 300 g/mol. The molecule has 118 valence electrons. The Morgan fingerprint density at radius 3 is 2.91 bits per heavy atom. The number of ether oxygens (including phenoxy) is 1. The largest absolute Gasteiger partial charge is 0.383 e. The summed E-state index contributed by atoms with van der Waals surface area (Å²) >= 11 is 0. The first kappa shape index (κ1) is 14.9. The third kappa shape index (κ3) is 2.81. The predicted octanol–water partition coefficient (Wildman–Crippen LogP) is 1.78. The summed E-state index contributed by atoms with van der Waals surface area (Å²) in [6.07, 6.45) is 2.80.